The second-order valence-corrected chi connectivity index (χ2v) is 16.0. The number of aliphatic carboxylic acids is 2. The maximum absolute atomic E-state index is 15.8. The Morgan fingerprint density at radius 3 is 1.55 bits per heavy atom. The van der Waals surface area contributed by atoms with Crippen LogP contribution in [0.5, 0.6) is 0 Å². The van der Waals surface area contributed by atoms with E-state index in [4.69, 9.17) is 39.7 Å². The van der Waals surface area contributed by atoms with Crippen molar-refractivity contribution in [3.63, 3.8) is 0 Å². The standard InChI is InChI=1S/C42H44F2N8O7.2C2HF3O2/c1-23(57-2)36(59-41(45)55)40(54)52-18-8-12-34(52)38-47-22-32(49-38)28-16-14-26(20-30(28)44)25-13-15-27(29(43)19-25)31-21-46-37(48-31)33-11-7-17-51(33)39(53)35(50-42(56)58-3)24-9-5-4-6-10-24;2*3-2(4,5)1(6)7/h4-6,9-10,13-16,19-23,33-36H,7-8,11-12,17-18H2,1-3H3,(H2,45,55)(H,46,48)(H,47,49)(H,50,56);2*(H,6,7)/t23-,33+,34+,35-,36+;;/m1../s1. The minimum atomic E-state index is -5.08. The molecule has 392 valence electrons. The number of carboxylic acid groups (broad SMARTS) is 2. The number of rotatable bonds is 12. The van der Waals surface area contributed by atoms with Gasteiger partial charge in [0.1, 0.15) is 35.4 Å². The smallest absolute Gasteiger partial charge is 0.475 e. The van der Waals surface area contributed by atoms with E-state index in [1.54, 1.807) is 65.3 Å². The molecular weight excluding hydrogens is 993 g/mol. The quantitative estimate of drug-likeness (QED) is 0.0658. The highest BCUT2D eigenvalue weighted by Crippen LogP contribution is 2.37. The zero-order valence-corrected chi connectivity index (χ0v) is 38.6. The van der Waals surface area contributed by atoms with Crippen molar-refractivity contribution < 1.29 is 88.3 Å². The molecule has 5 atom stereocenters. The number of alkyl carbamates (subject to hydrolysis) is 1. The van der Waals surface area contributed by atoms with E-state index in [2.05, 4.69) is 25.3 Å². The molecule has 0 bridgehead atoms. The maximum atomic E-state index is 15.8. The topological polar surface area (TPSA) is 272 Å². The molecule has 2 aliphatic heterocycles. The van der Waals surface area contributed by atoms with E-state index in [-0.39, 0.29) is 17.0 Å². The van der Waals surface area contributed by atoms with Gasteiger partial charge in [-0.3, -0.25) is 9.59 Å². The molecule has 5 aromatic rings. The lowest BCUT2D eigenvalue weighted by Gasteiger charge is -2.29. The summed E-state index contributed by atoms with van der Waals surface area (Å²) in [7, 11) is 2.63. The average molecular weight is 1040 g/mol. The zero-order chi connectivity index (χ0) is 53.9. The van der Waals surface area contributed by atoms with Crippen LogP contribution in [-0.2, 0) is 33.4 Å². The Kier molecular flexibility index (Phi) is 18.3. The van der Waals surface area contributed by atoms with Crippen molar-refractivity contribution >= 4 is 35.9 Å². The molecule has 2 aromatic heterocycles. The molecular formula is C46H46F8N8O11. The molecule has 4 heterocycles. The van der Waals surface area contributed by atoms with E-state index in [1.807, 2.05) is 6.07 Å². The molecule has 73 heavy (non-hydrogen) atoms. The Labute approximate surface area is 408 Å². The van der Waals surface area contributed by atoms with Gasteiger partial charge in [0, 0.05) is 31.3 Å². The molecule has 4 amide bonds. The Hall–Kier alpha value is -8.10. The number of methoxy groups -OCH3 is 2. The summed E-state index contributed by atoms with van der Waals surface area (Å²) in [6.45, 7) is 2.43. The van der Waals surface area contributed by atoms with E-state index in [9.17, 15) is 45.5 Å². The van der Waals surface area contributed by atoms with Gasteiger partial charge in [-0.2, -0.15) is 26.3 Å². The van der Waals surface area contributed by atoms with Gasteiger partial charge in [-0.25, -0.2) is 37.9 Å². The third-order valence-corrected chi connectivity index (χ3v) is 11.3. The number of aromatic nitrogens is 4. The van der Waals surface area contributed by atoms with Crippen molar-refractivity contribution in [1.82, 2.24) is 35.1 Å². The van der Waals surface area contributed by atoms with Gasteiger partial charge < -0.3 is 55.2 Å². The molecule has 0 radical (unpaired) electrons. The third kappa shape index (κ3) is 14.1. The molecule has 0 saturated carbocycles. The van der Waals surface area contributed by atoms with Gasteiger partial charge in [0.2, 0.25) is 6.10 Å². The number of H-pyrrole nitrogens is 2. The Morgan fingerprint density at radius 1 is 0.726 bits per heavy atom. The van der Waals surface area contributed by atoms with Crippen molar-refractivity contribution in [3.05, 3.63) is 108 Å². The molecule has 0 aliphatic carbocycles. The Bertz CT molecular complexity index is 2750. The fraction of sp³-hybridized carbons (Fsp3) is 0.348. The van der Waals surface area contributed by atoms with Crippen LogP contribution in [0.15, 0.2) is 79.1 Å². The first-order valence-electron chi connectivity index (χ1n) is 21.7. The summed E-state index contributed by atoms with van der Waals surface area (Å²) in [5.41, 5.74) is 7.95. The lowest BCUT2D eigenvalue weighted by atomic mass is 10.00. The van der Waals surface area contributed by atoms with Gasteiger partial charge in [0.05, 0.1) is 43.0 Å². The van der Waals surface area contributed by atoms with Crippen LogP contribution in [0.4, 0.5) is 44.7 Å². The van der Waals surface area contributed by atoms with Gasteiger partial charge in [-0.05, 0) is 73.6 Å². The SMILES string of the molecule is COC(=O)N[C@@H](C(=O)N1CCC[C@H]1c1ncc(-c2ccc(-c3ccc(-c4cnc([C@@H]5CCCN5C(=O)[C@@H](OC(N)=O)[C@@H](C)OC)[nH]4)c(F)c3)cc2F)[nH]1)c1ccccc1.O=C(O)C(F)(F)F.O=C(O)C(F)(F)F. The van der Waals surface area contributed by atoms with Crippen LogP contribution < -0.4 is 11.1 Å². The highest BCUT2D eigenvalue weighted by Gasteiger charge is 2.41. The fourth-order valence-electron chi connectivity index (χ4n) is 7.78. The number of likely N-dealkylation sites (tertiary alicyclic amines) is 2. The van der Waals surface area contributed by atoms with Gasteiger partial charge in [0.25, 0.3) is 11.8 Å². The van der Waals surface area contributed by atoms with Crippen LogP contribution in [0.3, 0.4) is 0 Å². The lowest BCUT2D eigenvalue weighted by Crippen LogP contribution is -2.47. The number of nitrogens with two attached hydrogens (primary N) is 1. The largest absolute Gasteiger partial charge is 0.490 e. The van der Waals surface area contributed by atoms with Crippen LogP contribution in [0.25, 0.3) is 33.6 Å². The number of hydrogen-bond acceptors (Lipinski definition) is 11. The summed E-state index contributed by atoms with van der Waals surface area (Å²) >= 11 is 0. The number of benzene rings is 3. The first-order chi connectivity index (χ1) is 34.4. The first kappa shape index (κ1) is 55.8. The van der Waals surface area contributed by atoms with E-state index >= 15 is 8.78 Å². The minimum Gasteiger partial charge on any atom is -0.475 e. The average Bonchev–Trinajstić information content (AvgIpc) is 4.20. The summed E-state index contributed by atoms with van der Waals surface area (Å²) in [6, 6.07) is 16.1. The number of nitrogens with zero attached hydrogens (tertiary/aromatic N) is 4. The minimum absolute atomic E-state index is 0.226. The number of amides is 4. The summed E-state index contributed by atoms with van der Waals surface area (Å²) in [6.07, 6.45) is -8.43. The van der Waals surface area contributed by atoms with Crippen LogP contribution in [0, 0.1) is 11.6 Å². The van der Waals surface area contributed by atoms with Crippen molar-refractivity contribution in [2.75, 3.05) is 27.3 Å². The number of ether oxygens (including phenoxy) is 3. The normalized spacial score (nSPS) is 16.7. The number of imidazole rings is 2. The lowest BCUT2D eigenvalue weighted by molar-refractivity contribution is -0.193. The second-order valence-electron chi connectivity index (χ2n) is 16.0. The monoisotopic (exact) mass is 1040 g/mol. The molecule has 2 aliphatic rings. The first-order valence-corrected chi connectivity index (χ1v) is 21.7. The van der Waals surface area contributed by atoms with Gasteiger partial charge in [-0.15, -0.1) is 0 Å². The Morgan fingerprint density at radius 2 is 1.16 bits per heavy atom. The van der Waals surface area contributed by atoms with E-state index in [0.717, 1.165) is 0 Å². The van der Waals surface area contributed by atoms with Crippen LogP contribution in [0.1, 0.15) is 67.9 Å². The van der Waals surface area contributed by atoms with Crippen molar-refractivity contribution in [2.24, 2.45) is 5.73 Å². The number of carbonyl (C=O) groups excluding carboxylic acids is 4. The third-order valence-electron chi connectivity index (χ3n) is 11.3. The number of hydrogen-bond donors (Lipinski definition) is 6. The van der Waals surface area contributed by atoms with E-state index < -0.39 is 84.4 Å². The molecule has 27 heteroatoms. The maximum Gasteiger partial charge on any atom is 0.490 e. The zero-order valence-electron chi connectivity index (χ0n) is 38.6. The van der Waals surface area contributed by atoms with Gasteiger partial charge in [0.15, 0.2) is 0 Å². The van der Waals surface area contributed by atoms with Crippen LogP contribution in [0.2, 0.25) is 0 Å². The van der Waals surface area contributed by atoms with E-state index in [0.29, 0.717) is 78.5 Å². The molecule has 0 unspecified atom stereocenters. The summed E-state index contributed by atoms with van der Waals surface area (Å²) in [5.74, 6) is -6.53. The molecule has 19 nitrogen and oxygen atoms in total. The molecule has 2 saturated heterocycles. The highest BCUT2D eigenvalue weighted by molar-refractivity contribution is 5.87. The molecule has 7 rings (SSSR count). The van der Waals surface area contributed by atoms with Crippen molar-refractivity contribution in [3.8, 4) is 33.6 Å². The van der Waals surface area contributed by atoms with Crippen LogP contribution in [-0.4, -0.2) is 128 Å². The number of alkyl halides is 6. The molecule has 7 N–H and O–H groups in total. The van der Waals surface area contributed by atoms with Crippen molar-refractivity contribution in [1.29, 1.82) is 0 Å². The van der Waals surface area contributed by atoms with Gasteiger partial charge >= 0.3 is 36.5 Å². The highest BCUT2D eigenvalue weighted by atomic mass is 19.4. The Balaban J connectivity index is 0.000000619. The predicted octanol–water partition coefficient (Wildman–Crippen LogP) is 7.60. The van der Waals surface area contributed by atoms with Crippen LogP contribution >= 0.6 is 0 Å². The summed E-state index contributed by atoms with van der Waals surface area (Å²) < 4.78 is 110. The second kappa shape index (κ2) is 23.9. The number of aromatic amines is 2. The molecule has 0 spiro atoms. The number of nitrogens with one attached hydrogen (secondary N) is 3. The number of carboxylic acids is 2. The van der Waals surface area contributed by atoms with E-state index in [1.165, 1.54) is 38.7 Å². The summed E-state index contributed by atoms with van der Waals surface area (Å²) in [5, 5.41) is 16.9. The molecule has 2 fully saturated rings. The van der Waals surface area contributed by atoms with Gasteiger partial charge in [-0.1, -0.05) is 42.5 Å². The number of primary amides is 1. The molecule has 3 aromatic carbocycles. The summed E-state index contributed by atoms with van der Waals surface area (Å²) in [4.78, 5) is 87.3. The fourth-order valence-corrected chi connectivity index (χ4v) is 7.78. The number of halogens is 8. The van der Waals surface area contributed by atoms with Crippen molar-refractivity contribution in [2.45, 2.75) is 75.3 Å². The predicted molar refractivity (Wildman–Crippen MR) is 237 cm³/mol. The number of carbonyl (C=O) groups is 6.